The summed E-state index contributed by atoms with van der Waals surface area (Å²) in [6.45, 7) is 4.04. The number of carbonyl (C=O) groups is 2. The Hall–Kier alpha value is -1.92. The van der Waals surface area contributed by atoms with Crippen LogP contribution in [0.25, 0.3) is 0 Å². The van der Waals surface area contributed by atoms with Crippen LogP contribution in [0.4, 0.5) is 11.4 Å². The Bertz CT molecular complexity index is 472. The van der Waals surface area contributed by atoms with E-state index in [0.29, 0.717) is 23.7 Å². The van der Waals surface area contributed by atoms with E-state index in [2.05, 4.69) is 10.6 Å². The van der Waals surface area contributed by atoms with E-state index in [9.17, 15) is 9.59 Å². The molecule has 21 heavy (non-hydrogen) atoms. The van der Waals surface area contributed by atoms with E-state index in [0.717, 1.165) is 0 Å². The van der Waals surface area contributed by atoms with Gasteiger partial charge >= 0.3 is 0 Å². The Morgan fingerprint density at radius 2 is 1.67 bits per heavy atom. The summed E-state index contributed by atoms with van der Waals surface area (Å²) >= 11 is 0. The molecule has 0 bridgehead atoms. The van der Waals surface area contributed by atoms with Crippen LogP contribution in [-0.4, -0.2) is 31.6 Å². The van der Waals surface area contributed by atoms with Crippen LogP contribution in [0.1, 0.15) is 20.3 Å². The number of nitrogens with two attached hydrogens (primary N) is 1. The highest BCUT2D eigenvalue weighted by atomic mass is 16.5. The topological polar surface area (TPSA) is 93.5 Å². The maximum Gasteiger partial charge on any atom is 0.250 e. The minimum absolute atomic E-state index is 0.00252. The standard InChI is InChI=1S/C15H23N3O3/c1-10(2)8-13(16)15(20)18-12-6-4-11(5-7-12)17-14(19)9-21-3/h4-7,10,13H,8-9,16H2,1-3H3,(H,17,19)(H,18,20)/t13-/m0/s1. The molecule has 0 saturated carbocycles. The Morgan fingerprint density at radius 3 is 2.14 bits per heavy atom. The first-order valence-corrected chi connectivity index (χ1v) is 6.87. The first-order valence-electron chi connectivity index (χ1n) is 6.87. The second-order valence-corrected chi connectivity index (χ2v) is 5.28. The normalized spacial score (nSPS) is 12.0. The van der Waals surface area contributed by atoms with Crippen molar-refractivity contribution in [3.63, 3.8) is 0 Å². The molecule has 0 aliphatic rings. The van der Waals surface area contributed by atoms with E-state index in [1.54, 1.807) is 24.3 Å². The number of hydrogen-bond acceptors (Lipinski definition) is 4. The van der Waals surface area contributed by atoms with Gasteiger partial charge in [-0.1, -0.05) is 13.8 Å². The van der Waals surface area contributed by atoms with E-state index >= 15 is 0 Å². The molecular formula is C15H23N3O3. The van der Waals surface area contributed by atoms with E-state index in [4.69, 9.17) is 10.5 Å². The van der Waals surface area contributed by atoms with Gasteiger partial charge in [0.15, 0.2) is 0 Å². The van der Waals surface area contributed by atoms with Gasteiger partial charge in [0, 0.05) is 18.5 Å². The molecule has 116 valence electrons. The van der Waals surface area contributed by atoms with Gasteiger partial charge in [0.25, 0.3) is 0 Å². The molecule has 0 fully saturated rings. The van der Waals surface area contributed by atoms with Crippen molar-refractivity contribution in [1.82, 2.24) is 0 Å². The molecule has 1 rings (SSSR count). The summed E-state index contributed by atoms with van der Waals surface area (Å²) < 4.78 is 4.73. The van der Waals surface area contributed by atoms with Crippen molar-refractivity contribution in [2.45, 2.75) is 26.3 Å². The molecular weight excluding hydrogens is 270 g/mol. The number of anilines is 2. The number of nitrogens with one attached hydrogen (secondary N) is 2. The molecule has 0 aliphatic carbocycles. The molecule has 6 heteroatoms. The molecule has 0 unspecified atom stereocenters. The number of benzene rings is 1. The first-order chi connectivity index (χ1) is 9.92. The molecule has 4 N–H and O–H groups in total. The summed E-state index contributed by atoms with van der Waals surface area (Å²) in [6.07, 6.45) is 0.636. The predicted octanol–water partition coefficient (Wildman–Crippen LogP) is 1.58. The van der Waals surface area contributed by atoms with Crippen LogP contribution < -0.4 is 16.4 Å². The minimum Gasteiger partial charge on any atom is -0.375 e. The third-order valence-corrected chi connectivity index (χ3v) is 2.77. The van der Waals surface area contributed by atoms with Crippen LogP contribution in [0.2, 0.25) is 0 Å². The summed E-state index contributed by atoms with van der Waals surface area (Å²) in [4.78, 5) is 23.2. The fourth-order valence-electron chi connectivity index (χ4n) is 1.81. The highest BCUT2D eigenvalue weighted by Gasteiger charge is 2.14. The third kappa shape index (κ3) is 6.37. The van der Waals surface area contributed by atoms with Gasteiger partial charge < -0.3 is 21.1 Å². The molecule has 2 amide bonds. The maximum absolute atomic E-state index is 11.9. The fourth-order valence-corrected chi connectivity index (χ4v) is 1.81. The Kier molecular flexibility index (Phi) is 6.84. The van der Waals surface area contributed by atoms with Crippen molar-refractivity contribution in [2.24, 2.45) is 11.7 Å². The summed E-state index contributed by atoms with van der Waals surface area (Å²) in [6, 6.07) is 6.31. The second kappa shape index (κ2) is 8.39. The molecule has 1 atom stereocenters. The van der Waals surface area contributed by atoms with Crippen LogP contribution >= 0.6 is 0 Å². The number of ether oxygens (including phenoxy) is 1. The number of methoxy groups -OCH3 is 1. The molecule has 0 heterocycles. The van der Waals surface area contributed by atoms with Crippen LogP contribution in [0, 0.1) is 5.92 Å². The van der Waals surface area contributed by atoms with E-state index in [-0.39, 0.29) is 18.4 Å². The van der Waals surface area contributed by atoms with Crippen molar-refractivity contribution in [1.29, 1.82) is 0 Å². The number of hydrogen-bond donors (Lipinski definition) is 3. The lowest BCUT2D eigenvalue weighted by Crippen LogP contribution is -2.36. The minimum atomic E-state index is -0.522. The van der Waals surface area contributed by atoms with Crippen molar-refractivity contribution in [2.75, 3.05) is 24.4 Å². The molecule has 0 aromatic heterocycles. The van der Waals surface area contributed by atoms with E-state index in [1.165, 1.54) is 7.11 Å². The molecule has 6 nitrogen and oxygen atoms in total. The zero-order chi connectivity index (χ0) is 15.8. The molecule has 0 aliphatic heterocycles. The van der Waals surface area contributed by atoms with Gasteiger partial charge in [-0.15, -0.1) is 0 Å². The van der Waals surface area contributed by atoms with Gasteiger partial charge in [-0.25, -0.2) is 0 Å². The van der Waals surface area contributed by atoms with Gasteiger partial charge in [0.05, 0.1) is 6.04 Å². The average molecular weight is 293 g/mol. The molecule has 0 saturated heterocycles. The van der Waals surface area contributed by atoms with Crippen LogP contribution in [0.3, 0.4) is 0 Å². The van der Waals surface area contributed by atoms with E-state index in [1.807, 2.05) is 13.8 Å². The van der Waals surface area contributed by atoms with E-state index < -0.39 is 6.04 Å². The van der Waals surface area contributed by atoms with Gasteiger partial charge in [0.2, 0.25) is 11.8 Å². The summed E-state index contributed by atoms with van der Waals surface area (Å²) in [5.41, 5.74) is 7.10. The summed E-state index contributed by atoms with van der Waals surface area (Å²) in [7, 11) is 1.46. The molecule has 0 spiro atoms. The Labute approximate surface area is 125 Å². The van der Waals surface area contributed by atoms with Crippen molar-refractivity contribution in [3.05, 3.63) is 24.3 Å². The zero-order valence-electron chi connectivity index (χ0n) is 12.7. The maximum atomic E-state index is 11.9. The number of rotatable bonds is 7. The predicted molar refractivity (Wildman–Crippen MR) is 83.0 cm³/mol. The SMILES string of the molecule is COCC(=O)Nc1ccc(NC(=O)[C@@H](N)CC(C)C)cc1. The van der Waals surface area contributed by atoms with Crippen LogP contribution in [0.5, 0.6) is 0 Å². The summed E-state index contributed by atoms with van der Waals surface area (Å²) in [5.74, 6) is -0.0720. The number of amides is 2. The van der Waals surface area contributed by atoms with Gasteiger partial charge in [-0.2, -0.15) is 0 Å². The highest BCUT2D eigenvalue weighted by molar-refractivity contribution is 5.95. The van der Waals surface area contributed by atoms with Gasteiger partial charge in [-0.3, -0.25) is 9.59 Å². The molecule has 1 aromatic carbocycles. The van der Waals surface area contributed by atoms with Crippen LogP contribution in [-0.2, 0) is 14.3 Å². The van der Waals surface area contributed by atoms with Crippen LogP contribution in [0.15, 0.2) is 24.3 Å². The average Bonchev–Trinajstić information content (AvgIpc) is 2.40. The highest BCUT2D eigenvalue weighted by Crippen LogP contribution is 2.14. The second-order valence-electron chi connectivity index (χ2n) is 5.28. The van der Waals surface area contributed by atoms with Gasteiger partial charge in [0.1, 0.15) is 6.61 Å². The molecule has 1 aromatic rings. The monoisotopic (exact) mass is 293 g/mol. The quantitative estimate of drug-likeness (QED) is 0.711. The first kappa shape index (κ1) is 17.1. The third-order valence-electron chi connectivity index (χ3n) is 2.77. The van der Waals surface area contributed by atoms with Crippen molar-refractivity contribution in [3.8, 4) is 0 Å². The summed E-state index contributed by atoms with van der Waals surface area (Å²) in [5, 5.41) is 5.42. The fraction of sp³-hybridized carbons (Fsp3) is 0.467. The Morgan fingerprint density at radius 1 is 1.14 bits per heavy atom. The largest absolute Gasteiger partial charge is 0.375 e. The number of carbonyl (C=O) groups excluding carboxylic acids is 2. The lowest BCUT2D eigenvalue weighted by molar-refractivity contribution is -0.119. The Balaban J connectivity index is 2.54. The lowest BCUT2D eigenvalue weighted by Gasteiger charge is -2.14. The van der Waals surface area contributed by atoms with Crippen molar-refractivity contribution >= 4 is 23.2 Å². The smallest absolute Gasteiger partial charge is 0.250 e. The lowest BCUT2D eigenvalue weighted by atomic mass is 10.0. The van der Waals surface area contributed by atoms with Gasteiger partial charge in [-0.05, 0) is 36.6 Å². The molecule has 0 radical (unpaired) electrons. The van der Waals surface area contributed by atoms with Crippen molar-refractivity contribution < 1.29 is 14.3 Å². The zero-order valence-corrected chi connectivity index (χ0v) is 12.7.